The number of allylic oxidation sites excluding steroid dienone is 2. The van der Waals surface area contributed by atoms with Crippen LogP contribution < -0.4 is 0 Å². The predicted octanol–water partition coefficient (Wildman–Crippen LogP) is 4.85. The Morgan fingerprint density at radius 2 is 1.28 bits per heavy atom. The molecule has 0 aliphatic heterocycles. The zero-order valence-corrected chi connectivity index (χ0v) is 12.9. The maximum atomic E-state index is 4.78. The number of aromatic nitrogens is 2. The highest BCUT2D eigenvalue weighted by molar-refractivity contribution is 9.09. The summed E-state index contributed by atoms with van der Waals surface area (Å²) in [5.74, 6) is 0. The Labute approximate surface area is 123 Å². The second kappa shape index (κ2) is 5.10. The first kappa shape index (κ1) is 12.3. The van der Waals surface area contributed by atoms with Crippen molar-refractivity contribution in [1.29, 1.82) is 0 Å². The molecule has 2 aromatic rings. The number of hydrogen-bond acceptors (Lipinski definition) is 2. The molecule has 0 radical (unpaired) electrons. The zero-order chi connectivity index (χ0) is 12.5. The van der Waals surface area contributed by atoms with Gasteiger partial charge in [-0.3, -0.25) is 0 Å². The minimum Gasteiger partial charge on any atom is -0.248 e. The molecule has 1 aliphatic rings. The van der Waals surface area contributed by atoms with Gasteiger partial charge in [0.05, 0.1) is 32.1 Å². The first-order chi connectivity index (χ1) is 8.75. The van der Waals surface area contributed by atoms with Gasteiger partial charge in [-0.2, -0.15) is 0 Å². The van der Waals surface area contributed by atoms with E-state index in [2.05, 4.69) is 44.0 Å². The highest BCUT2D eigenvalue weighted by atomic mass is 79.9. The summed E-state index contributed by atoms with van der Waals surface area (Å²) in [4.78, 5) is 10.0. The second-order valence-corrected chi connectivity index (χ2v) is 6.57. The van der Waals surface area contributed by atoms with Crippen LogP contribution in [0.25, 0.3) is 11.0 Å². The molecule has 2 nitrogen and oxygen atoms in total. The van der Waals surface area contributed by atoms with Gasteiger partial charge in [-0.25, -0.2) is 9.97 Å². The first-order valence-electron chi connectivity index (χ1n) is 5.95. The predicted molar refractivity (Wildman–Crippen MR) is 81.2 cm³/mol. The molecule has 1 aliphatic carbocycles. The van der Waals surface area contributed by atoms with Crippen LogP contribution >= 0.6 is 31.9 Å². The number of halogens is 2. The van der Waals surface area contributed by atoms with E-state index < -0.39 is 0 Å². The topological polar surface area (TPSA) is 25.8 Å². The van der Waals surface area contributed by atoms with Crippen molar-refractivity contribution in [3.63, 3.8) is 0 Å². The molecule has 2 unspecified atom stereocenters. The van der Waals surface area contributed by atoms with Crippen molar-refractivity contribution in [3.8, 4) is 0 Å². The van der Waals surface area contributed by atoms with Gasteiger partial charge in [0.25, 0.3) is 0 Å². The number of benzene rings is 1. The van der Waals surface area contributed by atoms with Gasteiger partial charge in [-0.15, -0.1) is 0 Å². The highest BCUT2D eigenvalue weighted by Gasteiger charge is 2.22. The number of fused-ring (bicyclic) bond motifs is 2. The van der Waals surface area contributed by atoms with E-state index in [4.69, 9.17) is 9.97 Å². The summed E-state index contributed by atoms with van der Waals surface area (Å²) in [6, 6.07) is 8.03. The molecule has 1 heterocycles. The standard InChI is InChI=1S/C14H12Br2N2/c15-9-5-1-2-6-10(16)14-13(9)17-11-7-3-4-8-12(11)18-14/h1-4,7-10H,5-6H2/b2-1-. The maximum absolute atomic E-state index is 4.78. The molecule has 18 heavy (non-hydrogen) atoms. The van der Waals surface area contributed by atoms with Crippen molar-refractivity contribution in [1.82, 2.24) is 9.97 Å². The fourth-order valence-electron chi connectivity index (χ4n) is 2.14. The minimum atomic E-state index is 0.237. The van der Waals surface area contributed by atoms with Gasteiger partial charge in [0.1, 0.15) is 0 Å². The van der Waals surface area contributed by atoms with Crippen molar-refractivity contribution < 1.29 is 0 Å². The van der Waals surface area contributed by atoms with Crippen LogP contribution in [0.5, 0.6) is 0 Å². The number of alkyl halides is 2. The summed E-state index contributed by atoms with van der Waals surface area (Å²) in [5.41, 5.74) is 4.04. The lowest BCUT2D eigenvalue weighted by atomic mass is 10.1. The highest BCUT2D eigenvalue weighted by Crippen LogP contribution is 2.37. The van der Waals surface area contributed by atoms with Gasteiger partial charge < -0.3 is 0 Å². The molecule has 0 N–H and O–H groups in total. The second-order valence-electron chi connectivity index (χ2n) is 4.36. The zero-order valence-electron chi connectivity index (χ0n) is 9.68. The summed E-state index contributed by atoms with van der Waals surface area (Å²) in [7, 11) is 0. The Morgan fingerprint density at radius 1 is 0.833 bits per heavy atom. The molecule has 3 rings (SSSR count). The molecule has 0 amide bonds. The van der Waals surface area contributed by atoms with Crippen LogP contribution in [0, 0.1) is 0 Å². The van der Waals surface area contributed by atoms with Crippen molar-refractivity contribution in [3.05, 3.63) is 47.8 Å². The Morgan fingerprint density at radius 3 is 1.72 bits per heavy atom. The summed E-state index contributed by atoms with van der Waals surface area (Å²) in [6.45, 7) is 0. The average Bonchev–Trinajstić information content (AvgIpc) is 2.40. The molecule has 0 saturated carbocycles. The summed E-state index contributed by atoms with van der Waals surface area (Å²) in [6.07, 6.45) is 6.32. The molecule has 0 saturated heterocycles. The third-order valence-corrected chi connectivity index (χ3v) is 4.69. The van der Waals surface area contributed by atoms with Crippen LogP contribution in [0.3, 0.4) is 0 Å². The Hall–Kier alpha value is -0.740. The Balaban J connectivity index is 2.23. The van der Waals surface area contributed by atoms with E-state index in [1.165, 1.54) is 0 Å². The van der Waals surface area contributed by atoms with E-state index in [9.17, 15) is 0 Å². The van der Waals surface area contributed by atoms with Gasteiger partial charge in [-0.05, 0) is 25.0 Å². The number of rotatable bonds is 0. The van der Waals surface area contributed by atoms with E-state index in [0.29, 0.717) is 0 Å². The van der Waals surface area contributed by atoms with E-state index in [-0.39, 0.29) is 9.65 Å². The van der Waals surface area contributed by atoms with E-state index in [1.54, 1.807) is 0 Å². The first-order valence-corrected chi connectivity index (χ1v) is 7.78. The molecule has 0 fully saturated rings. The monoisotopic (exact) mass is 366 g/mol. The quantitative estimate of drug-likeness (QED) is 0.491. The molecular weight excluding hydrogens is 356 g/mol. The van der Waals surface area contributed by atoms with Crippen LogP contribution in [0.15, 0.2) is 36.4 Å². The fraction of sp³-hybridized carbons (Fsp3) is 0.286. The van der Waals surface area contributed by atoms with E-state index in [1.807, 2.05) is 24.3 Å². The van der Waals surface area contributed by atoms with Crippen molar-refractivity contribution >= 4 is 42.9 Å². The van der Waals surface area contributed by atoms with Gasteiger partial charge >= 0.3 is 0 Å². The van der Waals surface area contributed by atoms with Crippen LogP contribution in [-0.4, -0.2) is 9.97 Å². The van der Waals surface area contributed by atoms with Crippen molar-refractivity contribution in [2.24, 2.45) is 0 Å². The summed E-state index contributed by atoms with van der Waals surface area (Å²) < 4.78 is 0. The summed E-state index contributed by atoms with van der Waals surface area (Å²) >= 11 is 7.42. The van der Waals surface area contributed by atoms with Crippen LogP contribution in [0.2, 0.25) is 0 Å². The van der Waals surface area contributed by atoms with E-state index >= 15 is 0 Å². The lowest BCUT2D eigenvalue weighted by Gasteiger charge is -2.18. The maximum Gasteiger partial charge on any atom is 0.0890 e. The Kier molecular flexibility index (Phi) is 3.48. The lowest BCUT2D eigenvalue weighted by molar-refractivity contribution is 0.822. The molecule has 92 valence electrons. The number of hydrogen-bond donors (Lipinski definition) is 0. The average molecular weight is 368 g/mol. The normalized spacial score (nSPS) is 25.2. The van der Waals surface area contributed by atoms with Crippen molar-refractivity contribution in [2.45, 2.75) is 22.5 Å². The van der Waals surface area contributed by atoms with Crippen LogP contribution in [0.4, 0.5) is 0 Å². The number of para-hydroxylation sites is 2. The van der Waals surface area contributed by atoms with Crippen LogP contribution in [-0.2, 0) is 0 Å². The number of nitrogens with zero attached hydrogens (tertiary/aromatic N) is 2. The molecular formula is C14H12Br2N2. The molecule has 2 atom stereocenters. The SMILES string of the molecule is BrC1C/C=C\CC(Br)c2nc3ccccc3nc21. The van der Waals surface area contributed by atoms with Crippen LogP contribution in [0.1, 0.15) is 33.9 Å². The van der Waals surface area contributed by atoms with E-state index in [0.717, 1.165) is 35.3 Å². The van der Waals surface area contributed by atoms with Gasteiger partial charge in [0.15, 0.2) is 0 Å². The lowest BCUT2D eigenvalue weighted by Crippen LogP contribution is -2.07. The largest absolute Gasteiger partial charge is 0.248 e. The fourth-order valence-corrected chi connectivity index (χ4v) is 3.25. The third kappa shape index (κ3) is 2.24. The van der Waals surface area contributed by atoms with Gasteiger partial charge in [0.2, 0.25) is 0 Å². The molecule has 0 bridgehead atoms. The molecule has 0 spiro atoms. The molecule has 4 heteroatoms. The Bertz CT molecular complexity index is 557. The van der Waals surface area contributed by atoms with Gasteiger partial charge in [0, 0.05) is 0 Å². The van der Waals surface area contributed by atoms with Crippen molar-refractivity contribution in [2.75, 3.05) is 0 Å². The molecule has 1 aromatic carbocycles. The third-order valence-electron chi connectivity index (χ3n) is 3.07. The molecule has 1 aromatic heterocycles. The smallest absolute Gasteiger partial charge is 0.0890 e. The minimum absolute atomic E-state index is 0.237. The summed E-state index contributed by atoms with van der Waals surface area (Å²) in [5, 5.41) is 0. The van der Waals surface area contributed by atoms with Gasteiger partial charge in [-0.1, -0.05) is 56.1 Å².